The molecule has 1 heterocycles. The Morgan fingerprint density at radius 3 is 2.53 bits per heavy atom. The Kier molecular flexibility index (Phi) is 3.97. The highest BCUT2D eigenvalue weighted by Gasteiger charge is 2.82. The van der Waals surface area contributed by atoms with Crippen molar-refractivity contribution in [1.82, 2.24) is 5.32 Å². The summed E-state index contributed by atoms with van der Waals surface area (Å²) in [6.07, 6.45) is 8.72. The van der Waals surface area contributed by atoms with Crippen molar-refractivity contribution >= 4 is 5.91 Å². The number of ether oxygens (including phenoxy) is 1. The fourth-order valence-electron chi connectivity index (χ4n) is 8.09. The van der Waals surface area contributed by atoms with Crippen LogP contribution in [0.15, 0.2) is 0 Å². The van der Waals surface area contributed by atoms with Gasteiger partial charge in [-0.2, -0.15) is 9.78 Å². The Hall–Kier alpha value is -0.730. The Labute approximate surface area is 178 Å². The van der Waals surface area contributed by atoms with Gasteiger partial charge in [-0.15, -0.1) is 0 Å². The van der Waals surface area contributed by atoms with E-state index < -0.39 is 22.7 Å². The predicted molar refractivity (Wildman–Crippen MR) is 108 cm³/mol. The van der Waals surface area contributed by atoms with Crippen LogP contribution in [0.2, 0.25) is 0 Å². The summed E-state index contributed by atoms with van der Waals surface area (Å²) in [5.41, 5.74) is 5.21. The third-order valence-corrected chi connectivity index (χ3v) is 9.56. The molecule has 168 valence electrons. The maximum absolute atomic E-state index is 12.3. The van der Waals surface area contributed by atoms with E-state index in [9.17, 15) is 9.90 Å². The first-order valence-corrected chi connectivity index (χ1v) is 11.9. The molecule has 7 heteroatoms. The Balaban J connectivity index is 1.09. The van der Waals surface area contributed by atoms with Crippen LogP contribution in [0.4, 0.5) is 0 Å². The van der Waals surface area contributed by atoms with Crippen molar-refractivity contribution in [3.05, 3.63) is 0 Å². The van der Waals surface area contributed by atoms with Crippen molar-refractivity contribution in [2.24, 2.45) is 34.8 Å². The molecule has 1 amide bonds. The van der Waals surface area contributed by atoms with Crippen LogP contribution in [0.3, 0.4) is 0 Å². The van der Waals surface area contributed by atoms with Gasteiger partial charge in [0.05, 0.1) is 5.60 Å². The van der Waals surface area contributed by atoms with Crippen LogP contribution in [-0.2, 0) is 19.3 Å². The van der Waals surface area contributed by atoms with Crippen LogP contribution in [0, 0.1) is 29.1 Å². The smallest absolute Gasteiger partial charge is 0.220 e. The number of nitrogens with one attached hydrogen (secondary N) is 1. The summed E-state index contributed by atoms with van der Waals surface area (Å²) in [5, 5.41) is 14.1. The zero-order valence-corrected chi connectivity index (χ0v) is 18.2. The van der Waals surface area contributed by atoms with E-state index in [1.165, 1.54) is 0 Å². The van der Waals surface area contributed by atoms with Crippen LogP contribution >= 0.6 is 0 Å². The minimum atomic E-state index is -0.676. The molecular weight excluding hydrogens is 384 g/mol. The van der Waals surface area contributed by atoms with E-state index in [1.54, 1.807) is 0 Å². The molecule has 4 N–H and O–H groups in total. The third-order valence-electron chi connectivity index (χ3n) is 9.56. The van der Waals surface area contributed by atoms with Crippen molar-refractivity contribution in [1.29, 1.82) is 0 Å². The number of rotatable bonds is 4. The molecule has 6 aliphatic rings. The lowest BCUT2D eigenvalue weighted by atomic mass is 9.53. The van der Waals surface area contributed by atoms with Gasteiger partial charge >= 0.3 is 0 Å². The standard InChI is InChI=1S/C23H36N2O5/c1-19(2,24)13-25-18(26)7-14-3-5-22(6-4-14)28-23(30-29-22)16-8-15-11-21(27)12-17(23)10-20(15,21)9-16/h14-17,27H,3-13,24H2,1-2H3,(H,25,26)/t14?,15?,16?,17?,20?,21-,22?,23+/m1/s1. The molecule has 0 aromatic carbocycles. The van der Waals surface area contributed by atoms with Gasteiger partial charge in [0.15, 0.2) is 0 Å². The first-order chi connectivity index (χ1) is 14.1. The van der Waals surface area contributed by atoms with E-state index in [-0.39, 0.29) is 17.2 Å². The average molecular weight is 421 g/mol. The zero-order valence-electron chi connectivity index (χ0n) is 18.2. The highest BCUT2D eigenvalue weighted by atomic mass is 17.3. The van der Waals surface area contributed by atoms with Gasteiger partial charge in [-0.05, 0) is 70.6 Å². The molecule has 0 aromatic rings. The summed E-state index contributed by atoms with van der Waals surface area (Å²) in [5.74, 6) is 0.267. The third kappa shape index (κ3) is 2.59. The number of amides is 1. The number of fused-ring (bicyclic) bond motifs is 4. The SMILES string of the molecule is CC(C)(N)CNC(=O)CC1CCC2(CC1)OO[C@@]1(O2)C2CC3C[C@@]4(O)CC1CC34C2. The molecule has 5 saturated carbocycles. The molecule has 3 bridgehead atoms. The van der Waals surface area contributed by atoms with Crippen molar-refractivity contribution in [3.63, 3.8) is 0 Å². The first kappa shape index (κ1) is 19.9. The molecule has 0 radical (unpaired) electrons. The largest absolute Gasteiger partial charge is 0.389 e. The Morgan fingerprint density at radius 1 is 1.10 bits per heavy atom. The van der Waals surface area contributed by atoms with Gasteiger partial charge in [0.25, 0.3) is 0 Å². The summed E-state index contributed by atoms with van der Waals surface area (Å²) in [6, 6.07) is 0. The van der Waals surface area contributed by atoms with E-state index in [4.69, 9.17) is 20.2 Å². The number of hydrogen-bond acceptors (Lipinski definition) is 6. The number of nitrogens with two attached hydrogens (primary N) is 1. The van der Waals surface area contributed by atoms with E-state index >= 15 is 0 Å². The first-order valence-electron chi connectivity index (χ1n) is 11.9. The van der Waals surface area contributed by atoms with E-state index in [2.05, 4.69) is 5.32 Å². The summed E-state index contributed by atoms with van der Waals surface area (Å²) in [4.78, 5) is 24.4. The lowest BCUT2D eigenvalue weighted by molar-refractivity contribution is -0.375. The molecule has 3 spiro atoms. The molecule has 6 fully saturated rings. The summed E-state index contributed by atoms with van der Waals surface area (Å²) in [6.45, 7) is 4.31. The highest BCUT2D eigenvalue weighted by molar-refractivity contribution is 5.76. The number of carbonyl (C=O) groups is 1. The van der Waals surface area contributed by atoms with E-state index in [0.717, 1.165) is 57.8 Å². The molecule has 6 atom stereocenters. The van der Waals surface area contributed by atoms with Gasteiger partial charge < -0.3 is 20.9 Å². The fourth-order valence-corrected chi connectivity index (χ4v) is 8.09. The molecule has 1 aliphatic heterocycles. The van der Waals surface area contributed by atoms with E-state index in [0.29, 0.717) is 30.7 Å². The number of hydrogen-bond donors (Lipinski definition) is 3. The quantitative estimate of drug-likeness (QED) is 0.604. The molecule has 1 saturated heterocycles. The summed E-state index contributed by atoms with van der Waals surface area (Å²) in [7, 11) is 0. The number of carbonyl (C=O) groups excluding carboxylic acids is 1. The van der Waals surface area contributed by atoms with Gasteiger partial charge in [-0.1, -0.05) is 0 Å². The predicted octanol–water partition coefficient (Wildman–Crippen LogP) is 2.36. The van der Waals surface area contributed by atoms with E-state index in [1.807, 2.05) is 13.8 Å². The van der Waals surface area contributed by atoms with Gasteiger partial charge in [-0.3, -0.25) is 4.79 Å². The molecule has 5 aliphatic carbocycles. The van der Waals surface area contributed by atoms with Crippen LogP contribution in [-0.4, -0.2) is 40.3 Å². The van der Waals surface area contributed by atoms with Crippen molar-refractivity contribution in [2.45, 2.75) is 101 Å². The molecule has 6 rings (SSSR count). The molecular formula is C23H36N2O5. The second-order valence-corrected chi connectivity index (χ2v) is 12.1. The second kappa shape index (κ2) is 5.98. The number of aliphatic hydroxyl groups is 1. The van der Waals surface area contributed by atoms with Crippen LogP contribution in [0.1, 0.15) is 78.1 Å². The normalized spacial score (nSPS) is 53.3. The molecule has 30 heavy (non-hydrogen) atoms. The van der Waals surface area contributed by atoms with Gasteiger partial charge in [0.2, 0.25) is 17.5 Å². The lowest BCUT2D eigenvalue weighted by Gasteiger charge is -2.55. The lowest BCUT2D eigenvalue weighted by Crippen LogP contribution is -2.57. The topological polar surface area (TPSA) is 103 Å². The van der Waals surface area contributed by atoms with Crippen LogP contribution in [0.25, 0.3) is 0 Å². The monoisotopic (exact) mass is 420 g/mol. The van der Waals surface area contributed by atoms with Crippen molar-refractivity contribution in [2.75, 3.05) is 6.54 Å². The Morgan fingerprint density at radius 2 is 1.80 bits per heavy atom. The minimum Gasteiger partial charge on any atom is -0.389 e. The summed E-state index contributed by atoms with van der Waals surface area (Å²) >= 11 is 0. The van der Waals surface area contributed by atoms with Crippen molar-refractivity contribution < 1.29 is 24.4 Å². The maximum atomic E-state index is 12.3. The van der Waals surface area contributed by atoms with Crippen LogP contribution < -0.4 is 11.1 Å². The minimum absolute atomic E-state index is 0.0726. The maximum Gasteiger partial charge on any atom is 0.220 e. The van der Waals surface area contributed by atoms with Crippen molar-refractivity contribution in [3.8, 4) is 0 Å². The average Bonchev–Trinajstić information content (AvgIpc) is 3.24. The van der Waals surface area contributed by atoms with Crippen LogP contribution in [0.5, 0.6) is 0 Å². The Bertz CT molecular complexity index is 755. The fraction of sp³-hybridized carbons (Fsp3) is 0.957. The second-order valence-electron chi connectivity index (χ2n) is 12.1. The molecule has 7 nitrogen and oxygen atoms in total. The van der Waals surface area contributed by atoms with Gasteiger partial charge in [0.1, 0.15) is 0 Å². The highest BCUT2D eigenvalue weighted by Crippen LogP contribution is 2.80. The molecule has 0 aromatic heterocycles. The van der Waals surface area contributed by atoms with Gasteiger partial charge in [-0.25, -0.2) is 0 Å². The summed E-state index contributed by atoms with van der Waals surface area (Å²) < 4.78 is 6.76. The zero-order chi connectivity index (χ0) is 21.0. The van der Waals surface area contributed by atoms with Gasteiger partial charge in [0, 0.05) is 48.6 Å². The molecule has 4 unspecified atom stereocenters.